The molecule has 4 heteroatoms. The van der Waals surface area contributed by atoms with E-state index in [9.17, 15) is 9.90 Å². The van der Waals surface area contributed by atoms with E-state index in [2.05, 4.69) is 24.1 Å². The monoisotopic (exact) mass is 352 g/mol. The molecule has 4 nitrogen and oxygen atoms in total. The quantitative estimate of drug-likeness (QED) is 0.396. The Morgan fingerprint density at radius 1 is 1.23 bits per heavy atom. The Bertz CT molecular complexity index is 954. The minimum atomic E-state index is -0.184. The van der Waals surface area contributed by atoms with Crippen LogP contribution in [0.5, 0.6) is 5.75 Å². The summed E-state index contributed by atoms with van der Waals surface area (Å²) in [5, 5.41) is 15.6. The molecule has 0 spiro atoms. The maximum atomic E-state index is 11.7. The van der Waals surface area contributed by atoms with Crippen molar-refractivity contribution >= 4 is 33.4 Å². The molecule has 0 atom stereocenters. The number of aromatic amines is 1. The molecular formula is C22H28N2O2. The highest BCUT2D eigenvalue weighted by molar-refractivity contribution is 6.18. The zero-order valence-electron chi connectivity index (χ0n) is 16.1. The summed E-state index contributed by atoms with van der Waals surface area (Å²) in [4.78, 5) is 15.2. The van der Waals surface area contributed by atoms with Gasteiger partial charge in [0.25, 0.3) is 0 Å². The Morgan fingerprint density at radius 3 is 2.65 bits per heavy atom. The molecular weight excluding hydrogens is 324 g/mol. The highest BCUT2D eigenvalue weighted by Crippen LogP contribution is 2.43. The van der Waals surface area contributed by atoms with Crippen molar-refractivity contribution in [3.63, 3.8) is 0 Å². The molecule has 1 amide bonds. The molecule has 0 saturated carbocycles. The number of nitrogens with one attached hydrogen (secondary N) is 2. The first-order valence-electron chi connectivity index (χ1n) is 9.42. The minimum Gasteiger partial charge on any atom is -0.505 e. The standard InChI is InChI=1S/C22H28N2O2/c1-13(2)9-5-6-10-16-14(3)22(26)21(23-15(4)25)19-17-11-7-8-12-18(17)24-20(16)19/h7-8,11-13,24,26H,5-6,9-10H2,1-4H3,(H,23,25). The van der Waals surface area contributed by atoms with Crippen molar-refractivity contribution in [1.82, 2.24) is 4.98 Å². The van der Waals surface area contributed by atoms with E-state index in [4.69, 9.17) is 0 Å². The zero-order chi connectivity index (χ0) is 18.8. The fourth-order valence-electron chi connectivity index (χ4n) is 3.73. The van der Waals surface area contributed by atoms with Crippen molar-refractivity contribution in [3.05, 3.63) is 35.4 Å². The maximum absolute atomic E-state index is 11.7. The molecule has 3 rings (SSSR count). The zero-order valence-corrected chi connectivity index (χ0v) is 16.1. The van der Waals surface area contributed by atoms with Crippen LogP contribution in [-0.4, -0.2) is 16.0 Å². The second-order valence-corrected chi connectivity index (χ2v) is 7.57. The number of carbonyl (C=O) groups excluding carboxylic acids is 1. The number of benzene rings is 2. The highest BCUT2D eigenvalue weighted by Gasteiger charge is 2.20. The largest absolute Gasteiger partial charge is 0.505 e. The molecule has 138 valence electrons. The van der Waals surface area contributed by atoms with Gasteiger partial charge in [-0.25, -0.2) is 0 Å². The number of fused-ring (bicyclic) bond motifs is 3. The van der Waals surface area contributed by atoms with E-state index in [0.29, 0.717) is 11.6 Å². The van der Waals surface area contributed by atoms with Crippen LogP contribution in [0.3, 0.4) is 0 Å². The Labute approximate surface area is 154 Å². The van der Waals surface area contributed by atoms with Crippen molar-refractivity contribution in [2.45, 2.75) is 53.4 Å². The molecule has 26 heavy (non-hydrogen) atoms. The predicted molar refractivity (Wildman–Crippen MR) is 109 cm³/mol. The van der Waals surface area contributed by atoms with Crippen LogP contribution in [0.2, 0.25) is 0 Å². The summed E-state index contributed by atoms with van der Waals surface area (Å²) < 4.78 is 0. The highest BCUT2D eigenvalue weighted by atomic mass is 16.3. The van der Waals surface area contributed by atoms with Crippen molar-refractivity contribution in [1.29, 1.82) is 0 Å². The van der Waals surface area contributed by atoms with Crippen LogP contribution in [0.15, 0.2) is 24.3 Å². The van der Waals surface area contributed by atoms with Crippen LogP contribution in [0.4, 0.5) is 5.69 Å². The lowest BCUT2D eigenvalue weighted by molar-refractivity contribution is -0.114. The molecule has 3 N–H and O–H groups in total. The van der Waals surface area contributed by atoms with Gasteiger partial charge in [-0.1, -0.05) is 44.9 Å². The summed E-state index contributed by atoms with van der Waals surface area (Å²) in [6.45, 7) is 7.89. The minimum absolute atomic E-state index is 0.177. The van der Waals surface area contributed by atoms with Gasteiger partial charge in [-0.15, -0.1) is 0 Å². The average molecular weight is 352 g/mol. The van der Waals surface area contributed by atoms with Crippen LogP contribution in [0.25, 0.3) is 21.8 Å². The number of para-hydroxylation sites is 1. The fraction of sp³-hybridized carbons (Fsp3) is 0.409. The first-order valence-corrected chi connectivity index (χ1v) is 9.42. The van der Waals surface area contributed by atoms with E-state index in [-0.39, 0.29) is 11.7 Å². The van der Waals surface area contributed by atoms with Crippen LogP contribution >= 0.6 is 0 Å². The molecule has 0 aliphatic heterocycles. The van der Waals surface area contributed by atoms with Gasteiger partial charge in [-0.3, -0.25) is 4.79 Å². The molecule has 0 fully saturated rings. The molecule has 0 aliphatic rings. The number of aromatic nitrogens is 1. The van der Waals surface area contributed by atoms with Crippen LogP contribution in [0.1, 0.15) is 51.2 Å². The molecule has 0 saturated heterocycles. The second kappa shape index (κ2) is 7.40. The lowest BCUT2D eigenvalue weighted by Gasteiger charge is -2.15. The van der Waals surface area contributed by atoms with Gasteiger partial charge >= 0.3 is 0 Å². The van der Waals surface area contributed by atoms with E-state index in [0.717, 1.165) is 45.8 Å². The van der Waals surface area contributed by atoms with Crippen LogP contribution in [-0.2, 0) is 11.2 Å². The number of rotatable bonds is 6. The lowest BCUT2D eigenvalue weighted by Crippen LogP contribution is -2.08. The van der Waals surface area contributed by atoms with Gasteiger partial charge in [0.1, 0.15) is 5.75 Å². The Balaban J connectivity index is 2.15. The van der Waals surface area contributed by atoms with Crippen LogP contribution in [0, 0.1) is 12.8 Å². The Morgan fingerprint density at radius 2 is 1.96 bits per heavy atom. The van der Waals surface area contributed by atoms with Crippen molar-refractivity contribution in [2.75, 3.05) is 5.32 Å². The number of phenolic OH excluding ortho intramolecular Hbond substituents is 1. The first kappa shape index (κ1) is 18.3. The lowest BCUT2D eigenvalue weighted by atomic mass is 9.95. The van der Waals surface area contributed by atoms with Gasteiger partial charge in [0, 0.05) is 23.2 Å². The van der Waals surface area contributed by atoms with Gasteiger partial charge in [-0.05, 0) is 42.9 Å². The molecule has 0 unspecified atom stereocenters. The molecule has 1 heterocycles. The Kier molecular flexibility index (Phi) is 5.21. The van der Waals surface area contributed by atoms with Gasteiger partial charge in [0.2, 0.25) is 5.91 Å². The summed E-state index contributed by atoms with van der Waals surface area (Å²) in [7, 11) is 0. The molecule has 2 aromatic carbocycles. The van der Waals surface area contributed by atoms with E-state index >= 15 is 0 Å². The fourth-order valence-corrected chi connectivity index (χ4v) is 3.73. The van der Waals surface area contributed by atoms with Crippen molar-refractivity contribution in [3.8, 4) is 5.75 Å². The second-order valence-electron chi connectivity index (χ2n) is 7.57. The number of hydrogen-bond acceptors (Lipinski definition) is 2. The van der Waals surface area contributed by atoms with Crippen molar-refractivity contribution in [2.24, 2.45) is 5.92 Å². The molecule has 0 radical (unpaired) electrons. The van der Waals surface area contributed by atoms with Gasteiger partial charge in [-0.2, -0.15) is 0 Å². The number of phenols is 1. The van der Waals surface area contributed by atoms with E-state index in [1.54, 1.807) is 0 Å². The van der Waals surface area contributed by atoms with Crippen molar-refractivity contribution < 1.29 is 9.90 Å². The number of H-pyrrole nitrogens is 1. The molecule has 3 aromatic rings. The SMILES string of the molecule is CC(=O)Nc1c(O)c(C)c(CCCCC(C)C)c2[nH]c3ccccc3c12. The van der Waals surface area contributed by atoms with Gasteiger partial charge in [0.15, 0.2) is 0 Å². The smallest absolute Gasteiger partial charge is 0.221 e. The number of amides is 1. The maximum Gasteiger partial charge on any atom is 0.221 e. The number of aryl methyl sites for hydroxylation is 1. The van der Waals surface area contributed by atoms with Gasteiger partial charge < -0.3 is 15.4 Å². The number of aromatic hydroxyl groups is 1. The van der Waals surface area contributed by atoms with E-state index in [1.165, 1.54) is 19.8 Å². The molecule has 1 aromatic heterocycles. The third-order valence-electron chi connectivity index (χ3n) is 5.06. The van der Waals surface area contributed by atoms with Crippen LogP contribution < -0.4 is 5.32 Å². The number of unbranched alkanes of at least 4 members (excludes halogenated alkanes) is 1. The summed E-state index contributed by atoms with van der Waals surface area (Å²) in [5.41, 5.74) is 4.54. The Hall–Kier alpha value is -2.49. The molecule has 0 bridgehead atoms. The summed E-state index contributed by atoms with van der Waals surface area (Å²) in [5.74, 6) is 0.701. The third-order valence-corrected chi connectivity index (χ3v) is 5.06. The van der Waals surface area contributed by atoms with Gasteiger partial charge in [0.05, 0.1) is 11.2 Å². The topological polar surface area (TPSA) is 65.1 Å². The molecule has 0 aliphatic carbocycles. The third kappa shape index (κ3) is 3.41. The van der Waals surface area contributed by atoms with E-state index < -0.39 is 0 Å². The number of hydrogen-bond donors (Lipinski definition) is 3. The first-order chi connectivity index (χ1) is 12.4. The normalized spacial score (nSPS) is 11.6. The number of carbonyl (C=O) groups is 1. The number of anilines is 1. The summed E-state index contributed by atoms with van der Waals surface area (Å²) in [6.07, 6.45) is 4.39. The average Bonchev–Trinajstić information content (AvgIpc) is 2.96. The summed E-state index contributed by atoms with van der Waals surface area (Å²) >= 11 is 0. The summed E-state index contributed by atoms with van der Waals surface area (Å²) in [6, 6.07) is 8.02. The predicted octanol–water partition coefficient (Wildman–Crippen LogP) is 5.66. The van der Waals surface area contributed by atoms with E-state index in [1.807, 2.05) is 31.2 Å².